The van der Waals surface area contributed by atoms with Gasteiger partial charge in [0, 0.05) is 37.1 Å². The van der Waals surface area contributed by atoms with Gasteiger partial charge in [-0.15, -0.1) is 0 Å². The summed E-state index contributed by atoms with van der Waals surface area (Å²) in [5, 5.41) is 0. The van der Waals surface area contributed by atoms with Gasteiger partial charge in [-0.1, -0.05) is 18.2 Å². The number of rotatable bonds is 1. The Morgan fingerprint density at radius 1 is 0.765 bits per heavy atom. The molecule has 88 valence electrons. The molecule has 0 saturated heterocycles. The quantitative estimate of drug-likeness (QED) is 0.655. The SMILES string of the molecule is Cc1cc(C)[n+](-c2c(C)cccc2C)c(C)c1. The Labute approximate surface area is 104 Å². The molecule has 0 unspecified atom stereocenters. The lowest BCUT2D eigenvalue weighted by Gasteiger charge is -2.09. The van der Waals surface area contributed by atoms with E-state index in [-0.39, 0.29) is 0 Å². The summed E-state index contributed by atoms with van der Waals surface area (Å²) < 4.78 is 2.34. The fourth-order valence-corrected chi connectivity index (χ4v) is 2.62. The van der Waals surface area contributed by atoms with E-state index in [1.165, 1.54) is 33.8 Å². The summed E-state index contributed by atoms with van der Waals surface area (Å²) >= 11 is 0. The van der Waals surface area contributed by atoms with Crippen LogP contribution in [0.1, 0.15) is 28.1 Å². The summed E-state index contributed by atoms with van der Waals surface area (Å²) in [4.78, 5) is 0. The van der Waals surface area contributed by atoms with Crippen LogP contribution in [0.4, 0.5) is 0 Å². The van der Waals surface area contributed by atoms with Gasteiger partial charge in [0.05, 0.1) is 0 Å². The third-order valence-corrected chi connectivity index (χ3v) is 3.24. The molecule has 1 heterocycles. The largest absolute Gasteiger partial charge is 0.216 e. The van der Waals surface area contributed by atoms with Gasteiger partial charge < -0.3 is 0 Å². The molecule has 0 atom stereocenters. The maximum absolute atomic E-state index is 2.34. The predicted octanol–water partition coefficient (Wildman–Crippen LogP) is 3.51. The monoisotopic (exact) mass is 226 g/mol. The predicted molar refractivity (Wildman–Crippen MR) is 71.7 cm³/mol. The molecule has 0 aliphatic rings. The summed E-state index contributed by atoms with van der Waals surface area (Å²) in [7, 11) is 0. The zero-order chi connectivity index (χ0) is 12.6. The van der Waals surface area contributed by atoms with Gasteiger partial charge >= 0.3 is 0 Å². The molecular weight excluding hydrogens is 206 g/mol. The fraction of sp³-hybridized carbons (Fsp3) is 0.312. The van der Waals surface area contributed by atoms with Crippen LogP contribution in [0.15, 0.2) is 30.3 Å². The van der Waals surface area contributed by atoms with Crippen molar-refractivity contribution in [2.24, 2.45) is 0 Å². The summed E-state index contributed by atoms with van der Waals surface area (Å²) in [5.74, 6) is 0. The van der Waals surface area contributed by atoms with Crippen molar-refractivity contribution in [3.05, 3.63) is 58.4 Å². The summed E-state index contributed by atoms with van der Waals surface area (Å²) in [5.41, 5.74) is 7.87. The van der Waals surface area contributed by atoms with Crippen LogP contribution in [0.5, 0.6) is 0 Å². The molecule has 0 saturated carbocycles. The zero-order valence-corrected chi connectivity index (χ0v) is 11.3. The topological polar surface area (TPSA) is 3.88 Å². The van der Waals surface area contributed by atoms with Crippen molar-refractivity contribution in [1.82, 2.24) is 0 Å². The Morgan fingerprint density at radius 2 is 1.24 bits per heavy atom. The number of hydrogen-bond donors (Lipinski definition) is 0. The van der Waals surface area contributed by atoms with Crippen LogP contribution in [-0.4, -0.2) is 0 Å². The molecule has 1 heteroatoms. The van der Waals surface area contributed by atoms with Gasteiger partial charge in [-0.05, 0) is 26.3 Å². The first kappa shape index (κ1) is 11.8. The van der Waals surface area contributed by atoms with Gasteiger partial charge in [0.2, 0.25) is 5.69 Å². The lowest BCUT2D eigenvalue weighted by Crippen LogP contribution is -2.39. The number of aryl methyl sites for hydroxylation is 5. The molecular formula is C16H20N+. The van der Waals surface area contributed by atoms with E-state index in [1.807, 2.05) is 0 Å². The molecule has 0 aliphatic carbocycles. The molecule has 0 amide bonds. The Kier molecular flexibility index (Phi) is 3.01. The third-order valence-electron chi connectivity index (χ3n) is 3.24. The molecule has 17 heavy (non-hydrogen) atoms. The highest BCUT2D eigenvalue weighted by Gasteiger charge is 2.19. The third kappa shape index (κ3) is 2.10. The highest BCUT2D eigenvalue weighted by Crippen LogP contribution is 2.15. The average molecular weight is 226 g/mol. The first-order valence-electron chi connectivity index (χ1n) is 6.07. The average Bonchev–Trinajstić information content (AvgIpc) is 2.21. The van der Waals surface area contributed by atoms with Crippen LogP contribution in [0.3, 0.4) is 0 Å². The standard InChI is InChI=1S/C16H20N/c1-11-9-14(4)17(15(5)10-11)16-12(2)7-6-8-13(16)3/h6-10H,1-5H3/q+1. The second-order valence-corrected chi connectivity index (χ2v) is 4.89. The minimum Gasteiger partial charge on any atom is -0.162 e. The highest BCUT2D eigenvalue weighted by molar-refractivity contribution is 5.40. The van der Waals surface area contributed by atoms with Crippen molar-refractivity contribution in [2.45, 2.75) is 34.6 Å². The van der Waals surface area contributed by atoms with E-state index < -0.39 is 0 Å². The van der Waals surface area contributed by atoms with E-state index in [9.17, 15) is 0 Å². The van der Waals surface area contributed by atoms with E-state index in [0.29, 0.717) is 0 Å². The first-order valence-corrected chi connectivity index (χ1v) is 6.07. The van der Waals surface area contributed by atoms with Gasteiger partial charge in [-0.25, -0.2) is 0 Å². The Balaban J connectivity index is 2.77. The van der Waals surface area contributed by atoms with Crippen molar-refractivity contribution in [3.8, 4) is 5.69 Å². The van der Waals surface area contributed by atoms with E-state index >= 15 is 0 Å². The van der Waals surface area contributed by atoms with Crippen molar-refractivity contribution >= 4 is 0 Å². The summed E-state index contributed by atoms with van der Waals surface area (Å²) in [6.07, 6.45) is 0. The maximum atomic E-state index is 2.34. The van der Waals surface area contributed by atoms with E-state index in [4.69, 9.17) is 0 Å². The second kappa shape index (κ2) is 4.33. The van der Waals surface area contributed by atoms with Crippen LogP contribution in [-0.2, 0) is 0 Å². The van der Waals surface area contributed by atoms with E-state index in [0.717, 1.165) is 0 Å². The van der Waals surface area contributed by atoms with E-state index in [1.54, 1.807) is 0 Å². The molecule has 0 fully saturated rings. The van der Waals surface area contributed by atoms with E-state index in [2.05, 4.69) is 69.5 Å². The minimum absolute atomic E-state index is 1.29. The van der Waals surface area contributed by atoms with Gasteiger partial charge in [-0.3, -0.25) is 0 Å². The molecule has 2 aromatic rings. The molecule has 2 rings (SSSR count). The Bertz CT molecular complexity index is 524. The highest BCUT2D eigenvalue weighted by atomic mass is 15.0. The van der Waals surface area contributed by atoms with Crippen molar-refractivity contribution in [3.63, 3.8) is 0 Å². The van der Waals surface area contributed by atoms with Crippen LogP contribution < -0.4 is 4.57 Å². The molecule has 0 bridgehead atoms. The molecule has 0 spiro atoms. The molecule has 1 aromatic carbocycles. The number of para-hydroxylation sites is 1. The van der Waals surface area contributed by atoms with Crippen molar-refractivity contribution in [2.75, 3.05) is 0 Å². The van der Waals surface area contributed by atoms with Crippen molar-refractivity contribution < 1.29 is 4.57 Å². The lowest BCUT2D eigenvalue weighted by atomic mass is 10.1. The van der Waals surface area contributed by atoms with Crippen LogP contribution in [0.25, 0.3) is 5.69 Å². The summed E-state index contributed by atoms with van der Waals surface area (Å²) in [6, 6.07) is 10.9. The van der Waals surface area contributed by atoms with Crippen molar-refractivity contribution in [1.29, 1.82) is 0 Å². The first-order chi connectivity index (χ1) is 8.00. The number of nitrogens with zero attached hydrogens (tertiary/aromatic N) is 1. The smallest absolute Gasteiger partial charge is 0.162 e. The molecule has 1 aromatic heterocycles. The molecule has 0 radical (unpaired) electrons. The van der Waals surface area contributed by atoms with Crippen LogP contribution >= 0.6 is 0 Å². The van der Waals surface area contributed by atoms with Gasteiger partial charge in [0.15, 0.2) is 11.4 Å². The normalized spacial score (nSPS) is 10.6. The zero-order valence-electron chi connectivity index (χ0n) is 11.3. The Morgan fingerprint density at radius 3 is 1.71 bits per heavy atom. The number of pyridine rings is 1. The lowest BCUT2D eigenvalue weighted by molar-refractivity contribution is -0.610. The molecule has 0 N–H and O–H groups in total. The fourth-order valence-electron chi connectivity index (χ4n) is 2.62. The number of hydrogen-bond acceptors (Lipinski definition) is 0. The minimum atomic E-state index is 1.29. The molecule has 1 nitrogen and oxygen atoms in total. The molecule has 0 aliphatic heterocycles. The summed E-state index contributed by atoms with van der Waals surface area (Å²) in [6.45, 7) is 10.8. The van der Waals surface area contributed by atoms with Crippen LogP contribution in [0, 0.1) is 34.6 Å². The second-order valence-electron chi connectivity index (χ2n) is 4.89. The van der Waals surface area contributed by atoms with Gasteiger partial charge in [0.25, 0.3) is 0 Å². The van der Waals surface area contributed by atoms with Crippen LogP contribution in [0.2, 0.25) is 0 Å². The van der Waals surface area contributed by atoms with Gasteiger partial charge in [0.1, 0.15) is 0 Å². The number of benzene rings is 1. The maximum Gasteiger partial charge on any atom is 0.216 e. The van der Waals surface area contributed by atoms with Gasteiger partial charge in [-0.2, -0.15) is 4.57 Å². The number of aromatic nitrogens is 1. The Hall–Kier alpha value is -1.63.